The molecule has 0 radical (unpaired) electrons. The number of anilines is 3. The van der Waals surface area contributed by atoms with Crippen LogP contribution < -0.4 is 20.7 Å². The van der Waals surface area contributed by atoms with Crippen LogP contribution in [0.15, 0.2) is 30.5 Å². The highest BCUT2D eigenvalue weighted by Crippen LogP contribution is 2.40. The molecule has 3 aromatic rings. The minimum atomic E-state index is -3.50. The fourth-order valence-corrected chi connectivity index (χ4v) is 4.75. The Bertz CT molecular complexity index is 1430. The van der Waals surface area contributed by atoms with Crippen LogP contribution in [0.3, 0.4) is 0 Å². The molecule has 3 amide bonds. The highest BCUT2D eigenvalue weighted by Gasteiger charge is 2.31. The van der Waals surface area contributed by atoms with Crippen molar-refractivity contribution in [1.29, 1.82) is 0 Å². The molecule has 6 N–H and O–H groups in total. The molecule has 204 valence electrons. The quantitative estimate of drug-likeness (QED) is 0.205. The molecule has 1 saturated carbocycles. The van der Waals surface area contributed by atoms with Gasteiger partial charge in [-0.1, -0.05) is 6.07 Å². The van der Waals surface area contributed by atoms with Gasteiger partial charge in [0.2, 0.25) is 5.91 Å². The van der Waals surface area contributed by atoms with Crippen LogP contribution in [0.5, 0.6) is 5.75 Å². The molecule has 14 nitrogen and oxygen atoms in total. The molecular weight excluding hydrogens is 530 g/mol. The van der Waals surface area contributed by atoms with E-state index in [4.69, 9.17) is 4.74 Å². The van der Waals surface area contributed by atoms with Crippen LogP contribution in [0.2, 0.25) is 0 Å². The summed E-state index contributed by atoms with van der Waals surface area (Å²) < 4.78 is 5.65. The van der Waals surface area contributed by atoms with Crippen LogP contribution in [0.4, 0.5) is 17.2 Å². The molecule has 0 unspecified atom stereocenters. The van der Waals surface area contributed by atoms with Gasteiger partial charge >= 0.3 is 6.10 Å². The van der Waals surface area contributed by atoms with Crippen molar-refractivity contribution in [2.24, 2.45) is 5.92 Å². The lowest BCUT2D eigenvalue weighted by Gasteiger charge is -2.30. The molecule has 2 aromatic heterocycles. The number of rotatable bonds is 9. The smallest absolute Gasteiger partial charge is 0.369 e. The van der Waals surface area contributed by atoms with Crippen molar-refractivity contribution in [3.63, 3.8) is 0 Å². The number of hydrogen-bond acceptors (Lipinski definition) is 12. The zero-order chi connectivity index (χ0) is 27.7. The molecule has 0 bridgehead atoms. The monoisotopic (exact) mass is 555 g/mol. The van der Waals surface area contributed by atoms with E-state index in [0.717, 1.165) is 32.4 Å². The molecule has 5 rings (SSSR count). The first kappa shape index (κ1) is 26.4. The van der Waals surface area contributed by atoms with Crippen molar-refractivity contribution in [2.75, 3.05) is 30.8 Å². The van der Waals surface area contributed by atoms with Gasteiger partial charge in [-0.2, -0.15) is 0 Å². The minimum Gasteiger partial charge on any atom is -0.494 e. The van der Waals surface area contributed by atoms with Crippen LogP contribution >= 0.6 is 11.3 Å². The predicted molar refractivity (Wildman–Crippen MR) is 138 cm³/mol. The number of aliphatic hydroxyl groups is 3. The van der Waals surface area contributed by atoms with Crippen LogP contribution in [-0.2, 0) is 4.79 Å². The molecular formula is C24H25N7O7S. The minimum absolute atomic E-state index is 0.0149. The van der Waals surface area contributed by atoms with Crippen molar-refractivity contribution in [3.8, 4) is 16.3 Å². The van der Waals surface area contributed by atoms with Gasteiger partial charge < -0.3 is 35.6 Å². The Morgan fingerprint density at radius 1 is 1.13 bits per heavy atom. The lowest BCUT2D eigenvalue weighted by Crippen LogP contribution is -2.48. The number of nitrogens with zero attached hydrogens (tertiary/aromatic N) is 4. The Hall–Kier alpha value is -4.18. The number of para-hydroxylation sites is 1. The highest BCUT2D eigenvalue weighted by molar-refractivity contribution is 7.17. The predicted octanol–water partition coefficient (Wildman–Crippen LogP) is 0.865. The Balaban J connectivity index is 1.47. The number of nitrogens with one attached hydrogen (secondary N) is 3. The highest BCUT2D eigenvalue weighted by atomic mass is 32.1. The molecule has 39 heavy (non-hydrogen) atoms. The van der Waals surface area contributed by atoms with Crippen molar-refractivity contribution in [2.45, 2.75) is 25.4 Å². The van der Waals surface area contributed by atoms with Gasteiger partial charge in [-0.15, -0.1) is 21.5 Å². The van der Waals surface area contributed by atoms with Crippen molar-refractivity contribution in [1.82, 2.24) is 25.4 Å². The van der Waals surface area contributed by atoms with Crippen LogP contribution in [0.25, 0.3) is 10.6 Å². The summed E-state index contributed by atoms with van der Waals surface area (Å²) in [6.45, 7) is 1.44. The standard InChI is InChI=1S/C24H25N7O7S/c1-38-19-13(22-25-11-16(39-22)23(34)31-8-3-9-31)4-2-5-14(19)26-15-10-17(27-20(32)12-6-7-12)29-30-18(15)21(33)28-24(35,36)37/h2,4-5,10-12,35-37H,3,6-9H2,1H3,(H,28,33)(H2,26,27,29,32). The van der Waals surface area contributed by atoms with Crippen molar-refractivity contribution in [3.05, 3.63) is 41.0 Å². The number of amides is 3. The molecule has 1 aliphatic heterocycles. The fourth-order valence-electron chi connectivity index (χ4n) is 3.84. The van der Waals surface area contributed by atoms with Gasteiger partial charge in [0.1, 0.15) is 9.88 Å². The van der Waals surface area contributed by atoms with Crippen LogP contribution in [-0.4, -0.2) is 79.4 Å². The van der Waals surface area contributed by atoms with Gasteiger partial charge in [0.15, 0.2) is 17.3 Å². The largest absolute Gasteiger partial charge is 0.494 e. The summed E-state index contributed by atoms with van der Waals surface area (Å²) in [6.07, 6.45) is 0.535. The maximum atomic E-state index is 12.6. The van der Waals surface area contributed by atoms with E-state index in [1.807, 2.05) is 0 Å². The van der Waals surface area contributed by atoms with E-state index in [9.17, 15) is 29.7 Å². The van der Waals surface area contributed by atoms with Crippen LogP contribution in [0, 0.1) is 5.92 Å². The van der Waals surface area contributed by atoms with Crippen molar-refractivity contribution < 1.29 is 34.4 Å². The average Bonchev–Trinajstić information content (AvgIpc) is 3.58. The Kier molecular flexibility index (Phi) is 7.14. The summed E-state index contributed by atoms with van der Waals surface area (Å²) >= 11 is 1.22. The average molecular weight is 556 g/mol. The molecule has 1 saturated heterocycles. The molecule has 2 fully saturated rings. The second-order valence-corrected chi connectivity index (χ2v) is 10.1. The second kappa shape index (κ2) is 10.5. The molecule has 15 heteroatoms. The summed E-state index contributed by atoms with van der Waals surface area (Å²) in [7, 11) is 1.45. The SMILES string of the molecule is COc1c(Nc2cc(NC(=O)C3CC3)nnc2C(=O)NC(O)(O)O)cccc1-c1ncc(C(=O)N2CCC2)s1. The van der Waals surface area contributed by atoms with E-state index in [1.54, 1.807) is 28.4 Å². The van der Waals surface area contributed by atoms with Gasteiger partial charge in [0.25, 0.3) is 11.8 Å². The third kappa shape index (κ3) is 5.96. The maximum absolute atomic E-state index is 12.6. The number of hydrogen-bond donors (Lipinski definition) is 6. The summed E-state index contributed by atoms with van der Waals surface area (Å²) in [6, 6.07) is 6.47. The van der Waals surface area contributed by atoms with E-state index in [2.05, 4.69) is 25.8 Å². The van der Waals surface area contributed by atoms with E-state index >= 15 is 0 Å². The lowest BCUT2D eigenvalue weighted by atomic mass is 10.1. The van der Waals surface area contributed by atoms with E-state index < -0.39 is 17.7 Å². The first-order chi connectivity index (χ1) is 18.6. The van der Waals surface area contributed by atoms with Gasteiger partial charge in [0.05, 0.1) is 30.2 Å². The summed E-state index contributed by atoms with van der Waals surface area (Å²) in [4.78, 5) is 44.1. The number of aromatic nitrogens is 3. The molecule has 1 aliphatic carbocycles. The van der Waals surface area contributed by atoms with E-state index in [-0.39, 0.29) is 29.2 Å². The van der Waals surface area contributed by atoms with Gasteiger partial charge in [-0.3, -0.25) is 19.7 Å². The number of thiazole rings is 1. The zero-order valence-corrected chi connectivity index (χ0v) is 21.5. The van der Waals surface area contributed by atoms with Gasteiger partial charge in [0, 0.05) is 25.1 Å². The Labute approximate surface area is 225 Å². The number of carbonyl (C=O) groups is 3. The number of likely N-dealkylation sites (tertiary alicyclic amines) is 1. The molecule has 0 spiro atoms. The van der Waals surface area contributed by atoms with E-state index in [1.165, 1.54) is 30.7 Å². The first-order valence-electron chi connectivity index (χ1n) is 12.0. The summed E-state index contributed by atoms with van der Waals surface area (Å²) in [5.74, 6) is -1.20. The summed E-state index contributed by atoms with van der Waals surface area (Å²) in [5.41, 5.74) is 0.544. The normalized spacial score (nSPS) is 14.8. The number of ether oxygens (including phenoxy) is 1. The first-order valence-corrected chi connectivity index (χ1v) is 12.8. The topological polar surface area (TPSA) is 199 Å². The van der Waals surface area contributed by atoms with Crippen LogP contribution in [0.1, 0.15) is 39.4 Å². The Morgan fingerprint density at radius 2 is 1.90 bits per heavy atom. The van der Waals surface area contributed by atoms with E-state index in [0.29, 0.717) is 26.9 Å². The molecule has 0 atom stereocenters. The summed E-state index contributed by atoms with van der Waals surface area (Å²) in [5, 5.41) is 43.0. The third-order valence-electron chi connectivity index (χ3n) is 6.07. The molecule has 2 aliphatic rings. The maximum Gasteiger partial charge on any atom is 0.369 e. The van der Waals surface area contributed by atoms with Crippen molar-refractivity contribution >= 4 is 46.3 Å². The number of carbonyl (C=O) groups excluding carboxylic acids is 3. The number of benzene rings is 1. The Morgan fingerprint density at radius 3 is 2.54 bits per heavy atom. The second-order valence-electron chi connectivity index (χ2n) is 9.03. The van der Waals surface area contributed by atoms with Gasteiger partial charge in [-0.25, -0.2) is 4.98 Å². The zero-order valence-electron chi connectivity index (χ0n) is 20.7. The third-order valence-corrected chi connectivity index (χ3v) is 7.09. The lowest BCUT2D eigenvalue weighted by molar-refractivity contribution is -0.323. The number of methoxy groups -OCH3 is 1. The van der Waals surface area contributed by atoms with Gasteiger partial charge in [-0.05, 0) is 31.4 Å². The molecule has 1 aromatic carbocycles. The molecule has 3 heterocycles. The fraction of sp³-hybridized carbons (Fsp3) is 0.333.